The normalized spacial score (nSPS) is 12.9. The van der Waals surface area contributed by atoms with E-state index in [0.29, 0.717) is 27.8 Å². The van der Waals surface area contributed by atoms with Crippen molar-refractivity contribution in [2.24, 2.45) is 0 Å². The Morgan fingerprint density at radius 1 is 1.13 bits per heavy atom. The molecule has 1 aliphatic rings. The topological polar surface area (TPSA) is 49.4 Å². The molecule has 6 heteroatoms. The lowest BCUT2D eigenvalue weighted by atomic mass is 10.1. The summed E-state index contributed by atoms with van der Waals surface area (Å²) in [4.78, 5) is 25.7. The van der Waals surface area contributed by atoms with Crippen LogP contribution in [0.3, 0.4) is 0 Å². The molecule has 0 spiro atoms. The van der Waals surface area contributed by atoms with Gasteiger partial charge in [-0.1, -0.05) is 29.3 Å². The highest BCUT2D eigenvalue weighted by Gasteiger charge is 2.22. The van der Waals surface area contributed by atoms with Gasteiger partial charge in [0.25, 0.3) is 5.91 Å². The second-order valence-electron chi connectivity index (χ2n) is 5.34. The van der Waals surface area contributed by atoms with Crippen LogP contribution in [0.25, 0.3) is 0 Å². The van der Waals surface area contributed by atoms with Crippen molar-refractivity contribution in [3.05, 3.63) is 57.6 Å². The third-order valence-electron chi connectivity index (χ3n) is 3.79. The molecule has 2 aromatic carbocycles. The number of hydrogen-bond donors (Lipinski definition) is 1. The van der Waals surface area contributed by atoms with Crippen LogP contribution in [0, 0.1) is 0 Å². The fraction of sp³-hybridized carbons (Fsp3) is 0.176. The van der Waals surface area contributed by atoms with E-state index in [1.807, 2.05) is 12.1 Å². The molecule has 0 aromatic heterocycles. The second-order valence-corrected chi connectivity index (χ2v) is 6.19. The minimum absolute atomic E-state index is 0.00916. The summed E-state index contributed by atoms with van der Waals surface area (Å²) in [6, 6.07) is 10.3. The number of carbonyl (C=O) groups is 2. The van der Waals surface area contributed by atoms with Crippen LogP contribution in [-0.2, 0) is 11.2 Å². The number of halogens is 2. The van der Waals surface area contributed by atoms with Crippen LogP contribution in [0.2, 0.25) is 10.0 Å². The maximum atomic E-state index is 12.4. The largest absolute Gasteiger partial charge is 0.322 e. The van der Waals surface area contributed by atoms with Gasteiger partial charge in [-0.05, 0) is 42.3 Å². The van der Waals surface area contributed by atoms with Crippen molar-refractivity contribution in [3.63, 3.8) is 0 Å². The molecular formula is C17H14Cl2N2O2. The molecule has 2 aromatic rings. The van der Waals surface area contributed by atoms with Gasteiger partial charge in [-0.15, -0.1) is 0 Å². The Labute approximate surface area is 144 Å². The number of amides is 2. The average Bonchev–Trinajstić information content (AvgIpc) is 2.93. The van der Waals surface area contributed by atoms with Crippen LogP contribution in [-0.4, -0.2) is 18.4 Å². The molecule has 4 nitrogen and oxygen atoms in total. The molecule has 0 bridgehead atoms. The monoisotopic (exact) mass is 348 g/mol. The number of nitrogens with zero attached hydrogens (tertiary/aromatic N) is 1. The summed E-state index contributed by atoms with van der Waals surface area (Å²) in [5, 5.41) is 3.57. The highest BCUT2D eigenvalue weighted by molar-refractivity contribution is 6.36. The van der Waals surface area contributed by atoms with Crippen LogP contribution in [0.4, 0.5) is 11.4 Å². The third-order valence-corrected chi connectivity index (χ3v) is 4.36. The van der Waals surface area contributed by atoms with Gasteiger partial charge in [0.2, 0.25) is 5.91 Å². The van der Waals surface area contributed by atoms with Gasteiger partial charge in [0.05, 0.1) is 10.6 Å². The summed E-state index contributed by atoms with van der Waals surface area (Å²) in [5.41, 5.74) is 2.85. The summed E-state index contributed by atoms with van der Waals surface area (Å²) in [7, 11) is 0. The predicted molar refractivity (Wildman–Crippen MR) is 92.6 cm³/mol. The first-order valence-electron chi connectivity index (χ1n) is 7.13. The Hall–Kier alpha value is -2.04. The molecule has 1 N–H and O–H groups in total. The van der Waals surface area contributed by atoms with E-state index in [4.69, 9.17) is 23.2 Å². The van der Waals surface area contributed by atoms with Crippen molar-refractivity contribution in [2.75, 3.05) is 16.8 Å². The molecule has 0 fully saturated rings. The first kappa shape index (κ1) is 15.8. The van der Waals surface area contributed by atoms with E-state index in [9.17, 15) is 9.59 Å². The SMILES string of the molecule is CC(=O)N1CCc2ccc(NC(=O)c3cc(Cl)ccc3Cl)cc21. The molecular weight excluding hydrogens is 335 g/mol. The van der Waals surface area contributed by atoms with E-state index in [0.717, 1.165) is 17.7 Å². The Balaban J connectivity index is 1.86. The van der Waals surface area contributed by atoms with Crippen LogP contribution in [0.1, 0.15) is 22.8 Å². The van der Waals surface area contributed by atoms with Crippen molar-refractivity contribution in [2.45, 2.75) is 13.3 Å². The first-order valence-corrected chi connectivity index (χ1v) is 7.89. The molecule has 1 heterocycles. The Bertz CT molecular complexity index is 805. The van der Waals surface area contributed by atoms with Crippen LogP contribution >= 0.6 is 23.2 Å². The molecule has 0 atom stereocenters. The number of nitrogens with one attached hydrogen (secondary N) is 1. The molecule has 118 valence electrons. The fourth-order valence-electron chi connectivity index (χ4n) is 2.65. The zero-order valence-corrected chi connectivity index (χ0v) is 13.9. The van der Waals surface area contributed by atoms with E-state index in [1.54, 1.807) is 23.1 Å². The van der Waals surface area contributed by atoms with Crippen LogP contribution in [0.15, 0.2) is 36.4 Å². The van der Waals surface area contributed by atoms with E-state index in [1.165, 1.54) is 13.0 Å². The molecule has 3 rings (SSSR count). The number of hydrogen-bond acceptors (Lipinski definition) is 2. The van der Waals surface area contributed by atoms with E-state index >= 15 is 0 Å². The lowest BCUT2D eigenvalue weighted by Gasteiger charge is -2.16. The van der Waals surface area contributed by atoms with E-state index < -0.39 is 0 Å². The molecule has 0 saturated heterocycles. The quantitative estimate of drug-likeness (QED) is 0.885. The number of fused-ring (bicyclic) bond motifs is 1. The average molecular weight is 349 g/mol. The Kier molecular flexibility index (Phi) is 4.28. The van der Waals surface area contributed by atoms with Gasteiger partial charge in [0.1, 0.15) is 0 Å². The number of rotatable bonds is 2. The van der Waals surface area contributed by atoms with Gasteiger partial charge in [0, 0.05) is 29.9 Å². The minimum Gasteiger partial charge on any atom is -0.322 e. The highest BCUT2D eigenvalue weighted by atomic mass is 35.5. The zero-order valence-electron chi connectivity index (χ0n) is 12.4. The third kappa shape index (κ3) is 3.19. The summed E-state index contributed by atoms with van der Waals surface area (Å²) >= 11 is 12.0. The lowest BCUT2D eigenvalue weighted by Crippen LogP contribution is -2.25. The molecule has 0 unspecified atom stereocenters. The summed E-state index contributed by atoms with van der Waals surface area (Å²) in [6.45, 7) is 2.20. The molecule has 23 heavy (non-hydrogen) atoms. The fourth-order valence-corrected chi connectivity index (χ4v) is 3.03. The Morgan fingerprint density at radius 2 is 1.91 bits per heavy atom. The molecule has 2 amide bonds. The van der Waals surface area contributed by atoms with Gasteiger partial charge in [-0.3, -0.25) is 9.59 Å². The van der Waals surface area contributed by atoms with Crippen molar-refractivity contribution < 1.29 is 9.59 Å². The van der Waals surface area contributed by atoms with Gasteiger partial charge >= 0.3 is 0 Å². The molecule has 0 saturated carbocycles. The molecule has 0 aliphatic carbocycles. The second kappa shape index (κ2) is 6.22. The van der Waals surface area contributed by atoms with Crippen LogP contribution < -0.4 is 10.2 Å². The minimum atomic E-state index is -0.343. The number of benzene rings is 2. The van der Waals surface area contributed by atoms with Crippen molar-refractivity contribution in [3.8, 4) is 0 Å². The molecule has 1 aliphatic heterocycles. The summed E-state index contributed by atoms with van der Waals surface area (Å²) in [5.74, 6) is -0.352. The highest BCUT2D eigenvalue weighted by Crippen LogP contribution is 2.31. The van der Waals surface area contributed by atoms with E-state index in [-0.39, 0.29) is 11.8 Å². The van der Waals surface area contributed by atoms with Gasteiger partial charge in [-0.25, -0.2) is 0 Å². The van der Waals surface area contributed by atoms with E-state index in [2.05, 4.69) is 5.32 Å². The standard InChI is InChI=1S/C17H14Cl2N2O2/c1-10(22)21-7-6-11-2-4-13(9-16(11)21)20-17(23)14-8-12(18)3-5-15(14)19/h2-5,8-9H,6-7H2,1H3,(H,20,23). The summed E-state index contributed by atoms with van der Waals surface area (Å²) in [6.07, 6.45) is 0.823. The van der Waals surface area contributed by atoms with Gasteiger partial charge in [-0.2, -0.15) is 0 Å². The molecule has 0 radical (unpaired) electrons. The predicted octanol–water partition coefficient (Wildman–Crippen LogP) is 4.15. The first-order chi connectivity index (χ1) is 11.0. The summed E-state index contributed by atoms with van der Waals surface area (Å²) < 4.78 is 0. The number of anilines is 2. The maximum absolute atomic E-state index is 12.4. The van der Waals surface area contributed by atoms with Crippen molar-refractivity contribution in [1.82, 2.24) is 0 Å². The zero-order chi connectivity index (χ0) is 16.6. The number of carbonyl (C=O) groups excluding carboxylic acids is 2. The van der Waals surface area contributed by atoms with Gasteiger partial charge < -0.3 is 10.2 Å². The van der Waals surface area contributed by atoms with Gasteiger partial charge in [0.15, 0.2) is 0 Å². The smallest absolute Gasteiger partial charge is 0.257 e. The maximum Gasteiger partial charge on any atom is 0.257 e. The lowest BCUT2D eigenvalue weighted by molar-refractivity contribution is -0.116. The van der Waals surface area contributed by atoms with Crippen molar-refractivity contribution in [1.29, 1.82) is 0 Å². The van der Waals surface area contributed by atoms with Crippen molar-refractivity contribution >= 4 is 46.4 Å². The Morgan fingerprint density at radius 3 is 2.65 bits per heavy atom. The van der Waals surface area contributed by atoms with Crippen LogP contribution in [0.5, 0.6) is 0 Å².